The molecule has 0 amide bonds. The lowest BCUT2D eigenvalue weighted by Crippen LogP contribution is -2.42. The van der Waals surface area contributed by atoms with Gasteiger partial charge in [-0.2, -0.15) is 0 Å². The summed E-state index contributed by atoms with van der Waals surface area (Å²) >= 11 is 0. The fourth-order valence-corrected chi connectivity index (χ4v) is 4.72. The Morgan fingerprint density at radius 2 is 1.70 bits per heavy atom. The van der Waals surface area contributed by atoms with Gasteiger partial charge in [0, 0.05) is 12.6 Å². The molecule has 6 nitrogen and oxygen atoms in total. The Morgan fingerprint density at radius 3 is 2.36 bits per heavy atom. The minimum Gasteiger partial charge on any atom is -0.497 e. The van der Waals surface area contributed by atoms with E-state index in [0.717, 1.165) is 34.4 Å². The van der Waals surface area contributed by atoms with Crippen LogP contribution in [0, 0.1) is 0 Å². The van der Waals surface area contributed by atoms with Crippen LogP contribution in [-0.4, -0.2) is 43.8 Å². The smallest absolute Gasteiger partial charge is 0.325 e. The molecule has 0 aliphatic carbocycles. The van der Waals surface area contributed by atoms with Gasteiger partial charge < -0.3 is 19.3 Å². The average molecular weight is 448 g/mol. The number of nitrogens with zero attached hydrogens (tertiary/aromatic N) is 1. The number of aliphatic carboxylic acids is 1. The highest BCUT2D eigenvalue weighted by Crippen LogP contribution is 2.43. The average Bonchev–Trinajstić information content (AvgIpc) is 2.85. The van der Waals surface area contributed by atoms with Gasteiger partial charge in [-0.1, -0.05) is 42.5 Å². The molecule has 6 heteroatoms. The van der Waals surface area contributed by atoms with E-state index in [1.165, 1.54) is 0 Å². The predicted octanol–water partition coefficient (Wildman–Crippen LogP) is 4.68. The third-order valence-electron chi connectivity index (χ3n) is 6.29. The molecule has 4 rings (SSSR count). The third kappa shape index (κ3) is 4.66. The van der Waals surface area contributed by atoms with Crippen LogP contribution < -0.4 is 14.2 Å². The highest BCUT2D eigenvalue weighted by atomic mass is 16.5. The van der Waals surface area contributed by atoms with Crippen LogP contribution in [0.1, 0.15) is 34.3 Å². The number of rotatable bonds is 8. The zero-order valence-corrected chi connectivity index (χ0v) is 19.2. The van der Waals surface area contributed by atoms with E-state index in [9.17, 15) is 9.90 Å². The van der Waals surface area contributed by atoms with Crippen molar-refractivity contribution in [1.29, 1.82) is 0 Å². The quantitative estimate of drug-likeness (QED) is 0.541. The van der Waals surface area contributed by atoms with E-state index in [0.29, 0.717) is 24.5 Å². The summed E-state index contributed by atoms with van der Waals surface area (Å²) < 4.78 is 16.5. The first-order valence-electron chi connectivity index (χ1n) is 11.0. The van der Waals surface area contributed by atoms with E-state index in [2.05, 4.69) is 4.90 Å². The molecule has 2 atom stereocenters. The molecule has 172 valence electrons. The van der Waals surface area contributed by atoms with Crippen LogP contribution in [0.15, 0.2) is 66.7 Å². The van der Waals surface area contributed by atoms with Crippen molar-refractivity contribution in [3.63, 3.8) is 0 Å². The minimum absolute atomic E-state index is 0.165. The van der Waals surface area contributed by atoms with Gasteiger partial charge in [0.15, 0.2) is 11.5 Å². The van der Waals surface area contributed by atoms with Crippen molar-refractivity contribution < 1.29 is 24.1 Å². The van der Waals surface area contributed by atoms with Gasteiger partial charge >= 0.3 is 5.97 Å². The minimum atomic E-state index is -0.860. The second-order valence-corrected chi connectivity index (χ2v) is 8.12. The molecule has 0 saturated heterocycles. The molecule has 0 radical (unpaired) electrons. The summed E-state index contributed by atoms with van der Waals surface area (Å²) in [5.74, 6) is 1.24. The van der Waals surface area contributed by atoms with E-state index >= 15 is 0 Å². The van der Waals surface area contributed by atoms with Gasteiger partial charge in [0.1, 0.15) is 11.8 Å². The zero-order valence-electron chi connectivity index (χ0n) is 19.2. The molecule has 0 saturated carbocycles. The third-order valence-corrected chi connectivity index (χ3v) is 6.29. The van der Waals surface area contributed by atoms with E-state index in [4.69, 9.17) is 14.2 Å². The van der Waals surface area contributed by atoms with Gasteiger partial charge in [0.05, 0.1) is 21.3 Å². The highest BCUT2D eigenvalue weighted by Gasteiger charge is 2.37. The van der Waals surface area contributed by atoms with Crippen LogP contribution in [0.2, 0.25) is 0 Å². The van der Waals surface area contributed by atoms with Gasteiger partial charge in [-0.3, -0.25) is 9.69 Å². The molecule has 1 aliphatic rings. The lowest BCUT2D eigenvalue weighted by atomic mass is 9.86. The van der Waals surface area contributed by atoms with Crippen molar-refractivity contribution in [3.05, 3.63) is 89.0 Å². The first kappa shape index (κ1) is 22.7. The first-order valence-corrected chi connectivity index (χ1v) is 11.0. The number of carboxylic acids is 1. The molecule has 0 bridgehead atoms. The number of hydrogen-bond acceptors (Lipinski definition) is 5. The molecule has 0 aromatic heterocycles. The summed E-state index contributed by atoms with van der Waals surface area (Å²) in [5, 5.41) is 10.3. The van der Waals surface area contributed by atoms with Crippen LogP contribution in [0.5, 0.6) is 17.2 Å². The van der Waals surface area contributed by atoms with Crippen LogP contribution in [0.3, 0.4) is 0 Å². The van der Waals surface area contributed by atoms with Crippen molar-refractivity contribution >= 4 is 5.97 Å². The summed E-state index contributed by atoms with van der Waals surface area (Å²) in [6.45, 7) is 0.614. The number of carbonyl (C=O) groups is 1. The maximum atomic E-state index is 12.5. The van der Waals surface area contributed by atoms with Crippen LogP contribution in [0.4, 0.5) is 0 Å². The van der Waals surface area contributed by atoms with Crippen LogP contribution >= 0.6 is 0 Å². The lowest BCUT2D eigenvalue weighted by Gasteiger charge is -2.41. The van der Waals surface area contributed by atoms with Crippen molar-refractivity contribution in [2.75, 3.05) is 27.9 Å². The highest BCUT2D eigenvalue weighted by molar-refractivity contribution is 5.75. The number of hydrogen-bond donors (Lipinski definition) is 1. The normalized spacial score (nSPS) is 16.5. The van der Waals surface area contributed by atoms with E-state index in [1.807, 2.05) is 66.7 Å². The van der Waals surface area contributed by atoms with Crippen molar-refractivity contribution in [2.24, 2.45) is 0 Å². The number of ether oxygens (including phenoxy) is 3. The van der Waals surface area contributed by atoms with Crippen LogP contribution in [0.25, 0.3) is 0 Å². The molecule has 0 spiro atoms. The van der Waals surface area contributed by atoms with E-state index in [1.54, 1.807) is 21.3 Å². The first-order chi connectivity index (χ1) is 16.0. The summed E-state index contributed by atoms with van der Waals surface area (Å²) in [6.07, 6.45) is 1.36. The Hall–Kier alpha value is -3.51. The maximum absolute atomic E-state index is 12.5. The summed E-state index contributed by atoms with van der Waals surface area (Å²) in [4.78, 5) is 14.6. The zero-order chi connectivity index (χ0) is 23.4. The number of benzene rings is 3. The molecule has 1 aliphatic heterocycles. The number of methoxy groups -OCH3 is 3. The van der Waals surface area contributed by atoms with E-state index < -0.39 is 12.0 Å². The summed E-state index contributed by atoms with van der Waals surface area (Å²) in [7, 11) is 4.89. The van der Waals surface area contributed by atoms with Crippen molar-refractivity contribution in [3.8, 4) is 17.2 Å². The molecule has 1 N–H and O–H groups in total. The van der Waals surface area contributed by atoms with Crippen LogP contribution in [-0.2, 0) is 17.6 Å². The number of carboxylic acid groups (broad SMARTS) is 1. The fraction of sp³-hybridized carbons (Fsp3) is 0.296. The standard InChI is InChI=1S/C27H29NO5/c1-31-21-11-7-8-18(14-21)15-23-22-17-25(33-3)24(32-2)16-20(22)12-13-28(23)26(27(29)30)19-9-5-4-6-10-19/h4-11,14,16-17,23,26H,12-13,15H2,1-3H3,(H,29,30). The Morgan fingerprint density at radius 1 is 0.970 bits per heavy atom. The predicted molar refractivity (Wildman–Crippen MR) is 126 cm³/mol. The Kier molecular flexibility index (Phi) is 6.84. The second kappa shape index (κ2) is 9.96. The Labute approximate surface area is 194 Å². The van der Waals surface area contributed by atoms with Crippen molar-refractivity contribution in [1.82, 2.24) is 4.90 Å². The SMILES string of the molecule is COc1cccc(CC2c3cc(OC)c(OC)cc3CCN2C(C(=O)O)c2ccccc2)c1. The second-order valence-electron chi connectivity index (χ2n) is 8.12. The molecule has 0 fully saturated rings. The largest absolute Gasteiger partial charge is 0.497 e. The topological polar surface area (TPSA) is 68.2 Å². The molecular weight excluding hydrogens is 418 g/mol. The maximum Gasteiger partial charge on any atom is 0.325 e. The van der Waals surface area contributed by atoms with Gasteiger partial charge in [0.2, 0.25) is 0 Å². The molecule has 3 aromatic rings. The molecular formula is C27H29NO5. The van der Waals surface area contributed by atoms with Gasteiger partial charge in [0.25, 0.3) is 0 Å². The monoisotopic (exact) mass is 447 g/mol. The molecule has 1 heterocycles. The summed E-state index contributed by atoms with van der Waals surface area (Å²) in [5.41, 5.74) is 4.05. The Balaban J connectivity index is 1.83. The van der Waals surface area contributed by atoms with Crippen molar-refractivity contribution in [2.45, 2.75) is 24.9 Å². The molecule has 2 unspecified atom stereocenters. The van der Waals surface area contributed by atoms with Gasteiger partial charge in [-0.25, -0.2) is 0 Å². The Bertz CT molecular complexity index is 1110. The molecule has 3 aromatic carbocycles. The molecule has 33 heavy (non-hydrogen) atoms. The van der Waals surface area contributed by atoms with E-state index in [-0.39, 0.29) is 6.04 Å². The lowest BCUT2D eigenvalue weighted by molar-refractivity contribution is -0.145. The summed E-state index contributed by atoms with van der Waals surface area (Å²) in [6, 6.07) is 20.4. The van der Waals surface area contributed by atoms with Gasteiger partial charge in [-0.05, 0) is 59.4 Å². The number of fused-ring (bicyclic) bond motifs is 1. The van der Waals surface area contributed by atoms with Gasteiger partial charge in [-0.15, -0.1) is 0 Å². The fourth-order valence-electron chi connectivity index (χ4n) is 4.72.